The van der Waals surface area contributed by atoms with Crippen LogP contribution in [0.1, 0.15) is 23.6 Å². The molecule has 2 aromatic heterocycles. The maximum absolute atomic E-state index is 14.7. The smallest absolute Gasteiger partial charge is 0.323 e. The van der Waals surface area contributed by atoms with Gasteiger partial charge in [-0.05, 0) is 42.3 Å². The van der Waals surface area contributed by atoms with Crippen LogP contribution in [-0.2, 0) is 24.2 Å². The Morgan fingerprint density at radius 1 is 1.16 bits per heavy atom. The molecular weight excluding hydrogens is 435 g/mol. The molecule has 3 aromatic rings. The lowest BCUT2D eigenvalue weighted by atomic mass is 10.0. The Hall–Kier alpha value is -3.52. The maximum atomic E-state index is 14.7. The van der Waals surface area contributed by atoms with Gasteiger partial charge in [0.25, 0.3) is 0 Å². The van der Waals surface area contributed by atoms with Crippen molar-refractivity contribution in [3.05, 3.63) is 76.5 Å². The molecule has 3 heterocycles. The number of anilines is 1. The van der Waals surface area contributed by atoms with Crippen molar-refractivity contribution >= 4 is 29.2 Å². The zero-order valence-corrected chi connectivity index (χ0v) is 18.0. The average molecular weight is 455 g/mol. The number of carbonyl (C=O) groups is 2. The van der Waals surface area contributed by atoms with Crippen LogP contribution in [0.25, 0.3) is 0 Å². The topological polar surface area (TPSA) is 84.4 Å². The van der Waals surface area contributed by atoms with Gasteiger partial charge in [-0.3, -0.25) is 10.1 Å². The van der Waals surface area contributed by atoms with Gasteiger partial charge in [0.15, 0.2) is 11.6 Å². The first-order valence-corrected chi connectivity index (χ1v) is 10.4. The first-order chi connectivity index (χ1) is 15.4. The molecule has 0 aliphatic carbocycles. The van der Waals surface area contributed by atoms with Gasteiger partial charge in [-0.2, -0.15) is 0 Å². The van der Waals surface area contributed by atoms with E-state index in [0.29, 0.717) is 40.9 Å². The molecule has 0 unspecified atom stereocenters. The fraction of sp³-hybridized carbons (Fsp3) is 0.217. The van der Waals surface area contributed by atoms with E-state index in [4.69, 9.17) is 16.3 Å². The van der Waals surface area contributed by atoms with Crippen LogP contribution in [0.2, 0.25) is 5.15 Å². The largest absolute Gasteiger partial charge is 0.454 e. The molecule has 0 saturated heterocycles. The third kappa shape index (κ3) is 4.86. The standard InChI is InChI=1S/C23H20ClFN4O3/c1-2-29-13-17-19(7-8-26-22(17)28-23(29)31)32-20-5-3-14(11-18(20)25)9-16(30)10-15-4-6-21(24)27-12-15/h3-8,11-12H,2,9-10,13H2,1H3,(H,26,28,31). The van der Waals surface area contributed by atoms with E-state index in [9.17, 15) is 14.0 Å². The molecule has 1 aliphatic rings. The van der Waals surface area contributed by atoms with E-state index in [0.717, 1.165) is 5.56 Å². The van der Waals surface area contributed by atoms with Crippen molar-refractivity contribution in [2.75, 3.05) is 11.9 Å². The van der Waals surface area contributed by atoms with E-state index in [1.807, 2.05) is 6.92 Å². The van der Waals surface area contributed by atoms with Crippen molar-refractivity contribution in [1.29, 1.82) is 0 Å². The van der Waals surface area contributed by atoms with Gasteiger partial charge in [-0.1, -0.05) is 23.7 Å². The highest BCUT2D eigenvalue weighted by Gasteiger charge is 2.25. The summed E-state index contributed by atoms with van der Waals surface area (Å²) in [5.74, 6) is 0.182. The van der Waals surface area contributed by atoms with Crippen LogP contribution in [0.5, 0.6) is 11.5 Å². The van der Waals surface area contributed by atoms with E-state index in [-0.39, 0.29) is 30.4 Å². The molecule has 0 spiro atoms. The number of carbonyl (C=O) groups excluding carboxylic acids is 2. The van der Waals surface area contributed by atoms with E-state index in [2.05, 4.69) is 15.3 Å². The first kappa shape index (κ1) is 21.7. The summed E-state index contributed by atoms with van der Waals surface area (Å²) >= 11 is 5.75. The number of pyridine rings is 2. The number of amides is 2. The lowest BCUT2D eigenvalue weighted by Gasteiger charge is -2.28. The number of hydrogen-bond donors (Lipinski definition) is 1. The minimum Gasteiger partial charge on any atom is -0.454 e. The molecule has 32 heavy (non-hydrogen) atoms. The van der Waals surface area contributed by atoms with E-state index in [1.165, 1.54) is 18.3 Å². The number of benzene rings is 1. The normalized spacial score (nSPS) is 12.8. The fourth-order valence-corrected chi connectivity index (χ4v) is 3.53. The number of nitrogens with zero attached hydrogens (tertiary/aromatic N) is 3. The monoisotopic (exact) mass is 454 g/mol. The second kappa shape index (κ2) is 9.32. The lowest BCUT2D eigenvalue weighted by Crippen LogP contribution is -2.38. The van der Waals surface area contributed by atoms with Crippen molar-refractivity contribution in [2.45, 2.75) is 26.3 Å². The molecule has 1 aromatic carbocycles. The third-order valence-corrected chi connectivity index (χ3v) is 5.29. The van der Waals surface area contributed by atoms with Gasteiger partial charge >= 0.3 is 6.03 Å². The number of hydrogen-bond acceptors (Lipinski definition) is 5. The summed E-state index contributed by atoms with van der Waals surface area (Å²) in [6.07, 6.45) is 3.32. The molecule has 4 rings (SSSR count). The maximum Gasteiger partial charge on any atom is 0.323 e. The molecular formula is C23H20ClFN4O3. The molecule has 0 fully saturated rings. The predicted octanol–water partition coefficient (Wildman–Crippen LogP) is 4.78. The van der Waals surface area contributed by atoms with Crippen molar-refractivity contribution < 1.29 is 18.7 Å². The summed E-state index contributed by atoms with van der Waals surface area (Å²) in [7, 11) is 0. The highest BCUT2D eigenvalue weighted by Crippen LogP contribution is 2.34. The molecule has 1 aliphatic heterocycles. The zero-order chi connectivity index (χ0) is 22.7. The van der Waals surface area contributed by atoms with Gasteiger partial charge in [-0.15, -0.1) is 0 Å². The van der Waals surface area contributed by atoms with Crippen molar-refractivity contribution in [1.82, 2.24) is 14.9 Å². The Morgan fingerprint density at radius 3 is 2.66 bits per heavy atom. The van der Waals surface area contributed by atoms with Crippen LogP contribution in [0, 0.1) is 5.82 Å². The van der Waals surface area contributed by atoms with E-state index in [1.54, 1.807) is 35.4 Å². The van der Waals surface area contributed by atoms with Crippen LogP contribution >= 0.6 is 11.6 Å². The summed E-state index contributed by atoms with van der Waals surface area (Å²) in [5, 5.41) is 3.07. The average Bonchev–Trinajstić information content (AvgIpc) is 2.77. The van der Waals surface area contributed by atoms with Crippen LogP contribution in [0.15, 0.2) is 48.8 Å². The Kier molecular flexibility index (Phi) is 6.32. The summed E-state index contributed by atoms with van der Waals surface area (Å²) in [6.45, 7) is 2.70. The minimum atomic E-state index is -0.582. The second-order valence-electron chi connectivity index (χ2n) is 7.33. The predicted molar refractivity (Wildman–Crippen MR) is 117 cm³/mol. The third-order valence-electron chi connectivity index (χ3n) is 5.06. The van der Waals surface area contributed by atoms with Crippen LogP contribution in [-0.4, -0.2) is 33.2 Å². The summed E-state index contributed by atoms with van der Waals surface area (Å²) in [5.41, 5.74) is 1.96. The number of urea groups is 1. The number of Topliss-reactive ketones (excluding diaryl/α,β-unsaturated/α-hetero) is 1. The Labute approximate surface area is 189 Å². The van der Waals surface area contributed by atoms with Crippen LogP contribution in [0.3, 0.4) is 0 Å². The molecule has 0 atom stereocenters. The number of ether oxygens (including phenoxy) is 1. The zero-order valence-electron chi connectivity index (χ0n) is 17.3. The number of fused-ring (bicyclic) bond motifs is 1. The Morgan fingerprint density at radius 2 is 1.94 bits per heavy atom. The van der Waals surface area contributed by atoms with E-state index < -0.39 is 5.82 Å². The first-order valence-electron chi connectivity index (χ1n) is 10.0. The summed E-state index contributed by atoms with van der Waals surface area (Å²) in [4.78, 5) is 34.1. The number of halogens is 2. The van der Waals surface area contributed by atoms with Crippen LogP contribution in [0.4, 0.5) is 15.0 Å². The van der Waals surface area contributed by atoms with Gasteiger partial charge in [-0.25, -0.2) is 19.2 Å². The molecule has 0 radical (unpaired) electrons. The minimum absolute atomic E-state index is 0.0245. The van der Waals surface area contributed by atoms with Crippen LogP contribution < -0.4 is 10.1 Å². The summed E-state index contributed by atoms with van der Waals surface area (Å²) in [6, 6.07) is 9.20. The number of aromatic nitrogens is 2. The highest BCUT2D eigenvalue weighted by atomic mass is 35.5. The van der Waals surface area contributed by atoms with Crippen molar-refractivity contribution in [3.63, 3.8) is 0 Å². The Bertz CT molecular complexity index is 1170. The van der Waals surface area contributed by atoms with Crippen molar-refractivity contribution in [3.8, 4) is 11.5 Å². The molecule has 7 nitrogen and oxygen atoms in total. The lowest BCUT2D eigenvalue weighted by molar-refractivity contribution is -0.117. The van der Waals surface area contributed by atoms with Gasteiger partial charge in [0, 0.05) is 31.8 Å². The summed E-state index contributed by atoms with van der Waals surface area (Å²) < 4.78 is 20.5. The van der Waals surface area contributed by atoms with Gasteiger partial charge in [0.2, 0.25) is 0 Å². The molecule has 0 saturated carbocycles. The number of rotatable bonds is 7. The van der Waals surface area contributed by atoms with Gasteiger partial charge in [0.05, 0.1) is 12.1 Å². The van der Waals surface area contributed by atoms with Crippen molar-refractivity contribution in [2.24, 2.45) is 0 Å². The quantitative estimate of drug-likeness (QED) is 0.519. The number of nitrogens with one attached hydrogen (secondary N) is 1. The van der Waals surface area contributed by atoms with E-state index >= 15 is 0 Å². The molecule has 9 heteroatoms. The fourth-order valence-electron chi connectivity index (χ4n) is 3.41. The second-order valence-corrected chi connectivity index (χ2v) is 7.72. The SMILES string of the molecule is CCN1Cc2c(Oc3ccc(CC(=O)Cc4ccc(Cl)nc4)cc3F)ccnc2NC1=O. The van der Waals surface area contributed by atoms with Gasteiger partial charge in [0.1, 0.15) is 22.5 Å². The van der Waals surface area contributed by atoms with Gasteiger partial charge < -0.3 is 9.64 Å². The molecule has 0 bridgehead atoms. The highest BCUT2D eigenvalue weighted by molar-refractivity contribution is 6.29. The molecule has 164 valence electrons. The Balaban J connectivity index is 1.46. The molecule has 2 amide bonds. The molecule has 1 N–H and O–H groups in total. The number of ketones is 1.